The van der Waals surface area contributed by atoms with E-state index in [1.165, 1.54) is 15.9 Å². The zero-order valence-electron chi connectivity index (χ0n) is 16.0. The van der Waals surface area contributed by atoms with Crippen molar-refractivity contribution in [3.63, 3.8) is 0 Å². The van der Waals surface area contributed by atoms with Crippen molar-refractivity contribution in [2.75, 3.05) is 29.9 Å². The largest absolute Gasteiger partial charge is 0.325 e. The lowest BCUT2D eigenvalue weighted by Crippen LogP contribution is -2.37. The number of benzene rings is 3. The number of hydrogen-bond donors (Lipinski definition) is 1. The van der Waals surface area contributed by atoms with Crippen LogP contribution in [0.2, 0.25) is 0 Å². The third kappa shape index (κ3) is 4.00. The molecule has 1 aliphatic heterocycles. The topological polar surface area (TPSA) is 52.7 Å². The highest BCUT2D eigenvalue weighted by Gasteiger charge is 2.31. The molecule has 1 saturated heterocycles. The Hall–Kier alpha value is -3.74. The van der Waals surface area contributed by atoms with Gasteiger partial charge in [0.2, 0.25) is 5.91 Å². The third-order valence-electron chi connectivity index (χ3n) is 4.93. The van der Waals surface area contributed by atoms with Gasteiger partial charge in [0.1, 0.15) is 6.54 Å². The highest BCUT2D eigenvalue weighted by atomic mass is 19.2. The number of rotatable bonds is 5. The minimum Gasteiger partial charge on any atom is -0.324 e. The molecule has 1 fully saturated rings. The lowest BCUT2D eigenvalue weighted by Gasteiger charge is -2.19. The number of carbonyl (C=O) groups is 2. The van der Waals surface area contributed by atoms with Gasteiger partial charge in [-0.1, -0.05) is 48.5 Å². The number of hydrogen-bond acceptors (Lipinski definition) is 2. The Morgan fingerprint density at radius 3 is 2.40 bits per heavy atom. The lowest BCUT2D eigenvalue weighted by atomic mass is 10.0. The second-order valence-corrected chi connectivity index (χ2v) is 6.91. The van der Waals surface area contributed by atoms with Crippen molar-refractivity contribution in [3.8, 4) is 11.1 Å². The van der Waals surface area contributed by atoms with Gasteiger partial charge in [-0.2, -0.15) is 0 Å². The molecule has 1 aliphatic rings. The van der Waals surface area contributed by atoms with Gasteiger partial charge in [0.25, 0.3) is 0 Å². The number of amides is 3. The SMILES string of the molecule is O=C(CN1CCN(c2ccc(F)c(F)c2)C1=O)Nc1ccccc1-c1ccccc1. The quantitative estimate of drug-likeness (QED) is 0.677. The maximum Gasteiger partial charge on any atom is 0.325 e. The van der Waals surface area contributed by atoms with Gasteiger partial charge in [0, 0.05) is 36.1 Å². The van der Waals surface area contributed by atoms with Crippen LogP contribution in [-0.4, -0.2) is 36.5 Å². The molecule has 0 unspecified atom stereocenters. The van der Waals surface area contributed by atoms with Gasteiger partial charge in [0.15, 0.2) is 11.6 Å². The monoisotopic (exact) mass is 407 g/mol. The average Bonchev–Trinajstić information content (AvgIpc) is 3.11. The van der Waals surface area contributed by atoms with Crippen molar-refractivity contribution in [1.82, 2.24) is 4.90 Å². The molecule has 0 bridgehead atoms. The van der Waals surface area contributed by atoms with Crippen LogP contribution in [0.3, 0.4) is 0 Å². The minimum absolute atomic E-state index is 0.137. The van der Waals surface area contributed by atoms with E-state index in [1.807, 2.05) is 48.5 Å². The van der Waals surface area contributed by atoms with Gasteiger partial charge in [-0.05, 0) is 23.8 Å². The summed E-state index contributed by atoms with van der Waals surface area (Å²) in [6, 6.07) is 20.0. The van der Waals surface area contributed by atoms with Gasteiger partial charge in [-0.3, -0.25) is 9.69 Å². The molecule has 1 heterocycles. The fourth-order valence-corrected chi connectivity index (χ4v) is 3.45. The predicted molar refractivity (Wildman–Crippen MR) is 111 cm³/mol. The predicted octanol–water partition coefficient (Wildman–Crippen LogP) is 4.51. The lowest BCUT2D eigenvalue weighted by molar-refractivity contribution is -0.116. The molecule has 3 aromatic rings. The van der Waals surface area contributed by atoms with E-state index in [0.717, 1.165) is 23.3 Å². The molecule has 0 saturated carbocycles. The van der Waals surface area contributed by atoms with Gasteiger partial charge >= 0.3 is 6.03 Å². The van der Waals surface area contributed by atoms with Crippen LogP contribution < -0.4 is 10.2 Å². The standard InChI is InChI=1S/C23H19F2N3O2/c24-19-11-10-17(14-20(19)25)28-13-12-27(23(28)30)15-22(29)26-21-9-5-4-8-18(21)16-6-2-1-3-7-16/h1-11,14H,12-13,15H2,(H,26,29). The van der Waals surface area contributed by atoms with Gasteiger partial charge in [0.05, 0.1) is 0 Å². The molecule has 5 nitrogen and oxygen atoms in total. The zero-order valence-corrected chi connectivity index (χ0v) is 16.0. The maximum absolute atomic E-state index is 13.5. The van der Waals surface area contributed by atoms with Crippen molar-refractivity contribution in [3.05, 3.63) is 84.4 Å². The molecular weight excluding hydrogens is 388 g/mol. The molecule has 152 valence electrons. The Bertz CT molecular complexity index is 1090. The Kier molecular flexibility index (Phi) is 5.43. The van der Waals surface area contributed by atoms with Gasteiger partial charge in [-0.25, -0.2) is 13.6 Å². The first-order valence-corrected chi connectivity index (χ1v) is 9.49. The van der Waals surface area contributed by atoms with Crippen molar-refractivity contribution >= 4 is 23.3 Å². The smallest absolute Gasteiger partial charge is 0.324 e. The summed E-state index contributed by atoms with van der Waals surface area (Å²) in [5.41, 5.74) is 2.76. The van der Waals surface area contributed by atoms with Gasteiger partial charge < -0.3 is 10.2 Å². The normalized spacial score (nSPS) is 13.6. The van der Waals surface area contributed by atoms with Crippen molar-refractivity contribution in [1.29, 1.82) is 0 Å². The van der Waals surface area contributed by atoms with Gasteiger partial charge in [-0.15, -0.1) is 0 Å². The van der Waals surface area contributed by atoms with E-state index in [2.05, 4.69) is 5.32 Å². The van der Waals surface area contributed by atoms with Crippen LogP contribution in [0.1, 0.15) is 0 Å². The van der Waals surface area contributed by atoms with E-state index in [1.54, 1.807) is 6.07 Å². The number of carbonyl (C=O) groups excluding carboxylic acids is 2. The second-order valence-electron chi connectivity index (χ2n) is 6.91. The van der Waals surface area contributed by atoms with E-state index < -0.39 is 17.7 Å². The molecule has 3 aromatic carbocycles. The summed E-state index contributed by atoms with van der Waals surface area (Å²) in [7, 11) is 0. The highest BCUT2D eigenvalue weighted by molar-refractivity contribution is 6.01. The van der Waals surface area contributed by atoms with E-state index in [4.69, 9.17) is 0 Å². The summed E-state index contributed by atoms with van der Waals surface area (Å²) in [5.74, 6) is -2.33. The number of anilines is 2. The van der Waals surface area contributed by atoms with Crippen LogP contribution in [0.25, 0.3) is 11.1 Å². The molecule has 0 atom stereocenters. The zero-order chi connectivity index (χ0) is 21.1. The Labute approximate surface area is 172 Å². The summed E-state index contributed by atoms with van der Waals surface area (Å²) >= 11 is 0. The van der Waals surface area contributed by atoms with Crippen LogP contribution in [0.4, 0.5) is 25.0 Å². The number of nitrogens with one attached hydrogen (secondary N) is 1. The van der Waals surface area contributed by atoms with E-state index in [-0.39, 0.29) is 24.7 Å². The average molecular weight is 407 g/mol. The molecule has 0 spiro atoms. The van der Waals surface area contributed by atoms with Crippen molar-refractivity contribution in [2.24, 2.45) is 0 Å². The van der Waals surface area contributed by atoms with Crippen LogP contribution >= 0.6 is 0 Å². The van der Waals surface area contributed by atoms with Crippen LogP contribution in [0.5, 0.6) is 0 Å². The molecule has 1 N–H and O–H groups in total. The molecule has 0 radical (unpaired) electrons. The second kappa shape index (κ2) is 8.32. The van der Waals surface area contributed by atoms with Crippen LogP contribution in [-0.2, 0) is 4.79 Å². The van der Waals surface area contributed by atoms with Crippen molar-refractivity contribution < 1.29 is 18.4 Å². The molecule has 0 aromatic heterocycles. The number of halogens is 2. The number of urea groups is 1. The molecule has 0 aliphatic carbocycles. The molecule has 7 heteroatoms. The summed E-state index contributed by atoms with van der Waals surface area (Å²) < 4.78 is 26.6. The Balaban J connectivity index is 1.44. The molecule has 4 rings (SSSR count). The first kappa shape index (κ1) is 19.6. The Morgan fingerprint density at radius 2 is 1.63 bits per heavy atom. The van der Waals surface area contributed by atoms with E-state index in [0.29, 0.717) is 12.2 Å². The van der Waals surface area contributed by atoms with E-state index >= 15 is 0 Å². The number of nitrogens with zero attached hydrogens (tertiary/aromatic N) is 2. The first-order chi connectivity index (χ1) is 14.5. The Morgan fingerprint density at radius 1 is 0.900 bits per heavy atom. The fraction of sp³-hybridized carbons (Fsp3) is 0.130. The summed E-state index contributed by atoms with van der Waals surface area (Å²) in [5, 5.41) is 2.87. The summed E-state index contributed by atoms with van der Waals surface area (Å²) in [4.78, 5) is 27.9. The third-order valence-corrected chi connectivity index (χ3v) is 4.93. The summed E-state index contributed by atoms with van der Waals surface area (Å²) in [6.45, 7) is 0.464. The van der Waals surface area contributed by atoms with Crippen molar-refractivity contribution in [2.45, 2.75) is 0 Å². The maximum atomic E-state index is 13.5. The molecule has 30 heavy (non-hydrogen) atoms. The number of para-hydroxylation sites is 1. The fourth-order valence-electron chi connectivity index (χ4n) is 3.45. The minimum atomic E-state index is -1.02. The van der Waals surface area contributed by atoms with Crippen LogP contribution in [0, 0.1) is 11.6 Å². The first-order valence-electron chi connectivity index (χ1n) is 9.49. The van der Waals surface area contributed by atoms with E-state index in [9.17, 15) is 18.4 Å². The molecule has 3 amide bonds. The summed E-state index contributed by atoms with van der Waals surface area (Å²) in [6.07, 6.45) is 0. The van der Waals surface area contributed by atoms with Crippen LogP contribution in [0.15, 0.2) is 72.8 Å². The highest BCUT2D eigenvalue weighted by Crippen LogP contribution is 2.28. The molecular formula is C23H19F2N3O2.